The number of benzene rings is 1. The second kappa shape index (κ2) is 5.92. The van der Waals surface area contributed by atoms with Gasteiger partial charge < -0.3 is 5.32 Å². The van der Waals surface area contributed by atoms with Gasteiger partial charge >= 0.3 is 0 Å². The van der Waals surface area contributed by atoms with Crippen LogP contribution in [0.25, 0.3) is 0 Å². The van der Waals surface area contributed by atoms with Crippen molar-refractivity contribution >= 4 is 5.69 Å². The lowest BCUT2D eigenvalue weighted by Gasteiger charge is -2.33. The molecule has 3 nitrogen and oxygen atoms in total. The van der Waals surface area contributed by atoms with E-state index in [0.29, 0.717) is 12.0 Å². The summed E-state index contributed by atoms with van der Waals surface area (Å²) in [4.78, 5) is 0. The number of nitrogens with one attached hydrogen (secondary N) is 1. The molecule has 0 spiro atoms. The summed E-state index contributed by atoms with van der Waals surface area (Å²) in [6.45, 7) is 4.23. The summed E-state index contributed by atoms with van der Waals surface area (Å²) < 4.78 is 1.97. The zero-order valence-corrected chi connectivity index (χ0v) is 13.3. The van der Waals surface area contributed by atoms with Crippen molar-refractivity contribution in [3.8, 4) is 0 Å². The second-order valence-electron chi connectivity index (χ2n) is 6.22. The predicted molar refractivity (Wildman–Crippen MR) is 87.7 cm³/mol. The minimum Gasteiger partial charge on any atom is -0.379 e. The molecule has 112 valence electrons. The number of aryl methyl sites for hydroxylation is 2. The fourth-order valence-corrected chi connectivity index (χ4v) is 3.57. The molecular weight excluding hydrogens is 258 g/mol. The van der Waals surface area contributed by atoms with E-state index >= 15 is 0 Å². The quantitative estimate of drug-likeness (QED) is 0.916. The molecule has 3 heteroatoms. The van der Waals surface area contributed by atoms with Crippen LogP contribution in [0.15, 0.2) is 30.3 Å². The molecule has 2 aromatic rings. The molecule has 1 N–H and O–H groups in total. The molecule has 1 aromatic heterocycles. The molecule has 21 heavy (non-hydrogen) atoms. The molecule has 2 unspecified atom stereocenters. The Labute approximate surface area is 127 Å². The summed E-state index contributed by atoms with van der Waals surface area (Å²) in [6.07, 6.45) is 5.18. The second-order valence-corrected chi connectivity index (χ2v) is 6.22. The third-order valence-corrected chi connectivity index (χ3v) is 4.83. The van der Waals surface area contributed by atoms with Gasteiger partial charge in [0.05, 0.1) is 17.1 Å². The van der Waals surface area contributed by atoms with Crippen LogP contribution in [0.2, 0.25) is 0 Å². The van der Waals surface area contributed by atoms with Crippen LogP contribution >= 0.6 is 0 Å². The molecule has 3 rings (SSSR count). The minimum atomic E-state index is 0.516. The highest BCUT2D eigenvalue weighted by Gasteiger charge is 2.27. The molecule has 0 bridgehead atoms. The minimum absolute atomic E-state index is 0.516. The van der Waals surface area contributed by atoms with E-state index in [4.69, 9.17) is 0 Å². The van der Waals surface area contributed by atoms with Gasteiger partial charge in [0, 0.05) is 19.0 Å². The molecule has 2 atom stereocenters. The molecule has 1 aliphatic carbocycles. The van der Waals surface area contributed by atoms with Crippen LogP contribution in [0.5, 0.6) is 0 Å². The van der Waals surface area contributed by atoms with Crippen LogP contribution in [0.4, 0.5) is 5.69 Å². The van der Waals surface area contributed by atoms with Crippen molar-refractivity contribution in [2.75, 3.05) is 5.32 Å². The fraction of sp³-hybridized carbons (Fsp3) is 0.500. The van der Waals surface area contributed by atoms with E-state index in [9.17, 15) is 0 Å². The van der Waals surface area contributed by atoms with Crippen LogP contribution in [-0.2, 0) is 7.05 Å². The number of aromatic nitrogens is 2. The standard InChI is InChI=1S/C18H25N3/c1-13-18(14(2)21(3)20-13)19-17-12-8-7-11-16(17)15-9-5-4-6-10-15/h4-6,9-10,16-17,19H,7-8,11-12H2,1-3H3. The summed E-state index contributed by atoms with van der Waals surface area (Å²) in [5.41, 5.74) is 5.02. The highest BCUT2D eigenvalue weighted by atomic mass is 15.3. The Morgan fingerprint density at radius 2 is 1.81 bits per heavy atom. The van der Waals surface area contributed by atoms with Crippen LogP contribution in [0.3, 0.4) is 0 Å². The molecule has 1 saturated carbocycles. The van der Waals surface area contributed by atoms with Gasteiger partial charge in [-0.3, -0.25) is 4.68 Å². The molecule has 1 aromatic carbocycles. The van der Waals surface area contributed by atoms with Crippen molar-refractivity contribution in [1.29, 1.82) is 0 Å². The van der Waals surface area contributed by atoms with Crippen molar-refractivity contribution in [3.63, 3.8) is 0 Å². The molecule has 1 heterocycles. The number of hydrogen-bond acceptors (Lipinski definition) is 2. The fourth-order valence-electron chi connectivity index (χ4n) is 3.57. The Hall–Kier alpha value is -1.77. The average molecular weight is 283 g/mol. The third-order valence-electron chi connectivity index (χ3n) is 4.83. The first-order chi connectivity index (χ1) is 10.2. The van der Waals surface area contributed by atoms with Gasteiger partial charge in [0.1, 0.15) is 0 Å². The molecule has 0 radical (unpaired) electrons. The first-order valence-corrected chi connectivity index (χ1v) is 7.98. The monoisotopic (exact) mass is 283 g/mol. The highest BCUT2D eigenvalue weighted by molar-refractivity contribution is 5.53. The summed E-state index contributed by atoms with van der Waals surface area (Å²) >= 11 is 0. The predicted octanol–water partition coefficient (Wildman–Crippen LogP) is 4.18. The van der Waals surface area contributed by atoms with E-state index < -0.39 is 0 Å². The van der Waals surface area contributed by atoms with E-state index in [1.807, 2.05) is 11.7 Å². The SMILES string of the molecule is Cc1nn(C)c(C)c1NC1CCCCC1c1ccccc1. The van der Waals surface area contributed by atoms with Gasteiger partial charge in [0.2, 0.25) is 0 Å². The average Bonchev–Trinajstić information content (AvgIpc) is 2.75. The molecule has 1 fully saturated rings. The Bertz CT molecular complexity index is 600. The summed E-state index contributed by atoms with van der Waals surface area (Å²) in [5.74, 6) is 0.610. The lowest BCUT2D eigenvalue weighted by molar-refractivity contribution is 0.405. The van der Waals surface area contributed by atoms with E-state index in [0.717, 1.165) is 5.69 Å². The first kappa shape index (κ1) is 14.2. The van der Waals surface area contributed by atoms with Gasteiger partial charge in [-0.25, -0.2) is 0 Å². The Morgan fingerprint density at radius 1 is 1.10 bits per heavy atom. The van der Waals surface area contributed by atoms with Crippen molar-refractivity contribution in [1.82, 2.24) is 9.78 Å². The normalized spacial score (nSPS) is 22.2. The van der Waals surface area contributed by atoms with Crippen molar-refractivity contribution in [2.24, 2.45) is 7.05 Å². The number of hydrogen-bond donors (Lipinski definition) is 1. The zero-order valence-electron chi connectivity index (χ0n) is 13.3. The van der Waals surface area contributed by atoms with Crippen molar-refractivity contribution in [3.05, 3.63) is 47.3 Å². The number of anilines is 1. The van der Waals surface area contributed by atoms with Gasteiger partial charge in [-0.15, -0.1) is 0 Å². The largest absolute Gasteiger partial charge is 0.379 e. The lowest BCUT2D eigenvalue weighted by atomic mass is 9.80. The smallest absolute Gasteiger partial charge is 0.0827 e. The van der Waals surface area contributed by atoms with Crippen LogP contribution in [-0.4, -0.2) is 15.8 Å². The summed E-state index contributed by atoms with van der Waals surface area (Å²) in [7, 11) is 2.02. The maximum absolute atomic E-state index is 4.53. The van der Waals surface area contributed by atoms with Gasteiger partial charge in [-0.05, 0) is 32.3 Å². The van der Waals surface area contributed by atoms with E-state index in [1.54, 1.807) is 0 Å². The van der Waals surface area contributed by atoms with E-state index in [1.165, 1.54) is 42.6 Å². The van der Waals surface area contributed by atoms with Crippen LogP contribution < -0.4 is 5.32 Å². The van der Waals surface area contributed by atoms with Gasteiger partial charge in [0.15, 0.2) is 0 Å². The van der Waals surface area contributed by atoms with Crippen LogP contribution in [0.1, 0.15) is 48.6 Å². The first-order valence-electron chi connectivity index (χ1n) is 7.98. The maximum Gasteiger partial charge on any atom is 0.0827 e. The topological polar surface area (TPSA) is 29.9 Å². The Balaban J connectivity index is 1.85. The maximum atomic E-state index is 4.53. The van der Waals surface area contributed by atoms with Crippen LogP contribution in [0, 0.1) is 13.8 Å². The lowest BCUT2D eigenvalue weighted by Crippen LogP contribution is -2.31. The molecule has 0 aliphatic heterocycles. The van der Waals surface area contributed by atoms with E-state index in [2.05, 4.69) is 54.6 Å². The van der Waals surface area contributed by atoms with Gasteiger partial charge in [-0.2, -0.15) is 5.10 Å². The summed E-state index contributed by atoms with van der Waals surface area (Å²) in [5, 5.41) is 8.33. The number of nitrogens with zero attached hydrogens (tertiary/aromatic N) is 2. The third kappa shape index (κ3) is 2.82. The van der Waals surface area contributed by atoms with Crippen molar-refractivity contribution < 1.29 is 0 Å². The van der Waals surface area contributed by atoms with E-state index in [-0.39, 0.29) is 0 Å². The highest BCUT2D eigenvalue weighted by Crippen LogP contribution is 2.35. The number of rotatable bonds is 3. The van der Waals surface area contributed by atoms with Crippen molar-refractivity contribution in [2.45, 2.75) is 51.5 Å². The zero-order chi connectivity index (χ0) is 14.8. The van der Waals surface area contributed by atoms with Gasteiger partial charge in [-0.1, -0.05) is 43.2 Å². The molecule has 0 saturated heterocycles. The molecule has 1 aliphatic rings. The molecular formula is C18H25N3. The Morgan fingerprint density at radius 3 is 2.48 bits per heavy atom. The molecule has 0 amide bonds. The van der Waals surface area contributed by atoms with Gasteiger partial charge in [0.25, 0.3) is 0 Å². The Kier molecular flexibility index (Phi) is 4.00. The summed E-state index contributed by atoms with van der Waals surface area (Å²) in [6, 6.07) is 11.5.